The SMILES string of the molecule is CC(C)(C)OC(=O)N(C(=O)O)c1c([N+](=O)[O-])cc(F)c(C(C)(C)C)c1F. The molecule has 2 amide bonds. The minimum Gasteiger partial charge on any atom is -0.464 e. The summed E-state index contributed by atoms with van der Waals surface area (Å²) >= 11 is 0. The predicted molar refractivity (Wildman–Crippen MR) is 88.5 cm³/mol. The van der Waals surface area contributed by atoms with Crippen molar-refractivity contribution in [3.8, 4) is 0 Å². The monoisotopic (exact) mass is 374 g/mol. The Bertz CT molecular complexity index is 765. The molecular weight excluding hydrogens is 354 g/mol. The summed E-state index contributed by atoms with van der Waals surface area (Å²) in [7, 11) is 0. The average molecular weight is 374 g/mol. The molecule has 0 spiro atoms. The molecule has 0 saturated heterocycles. The lowest BCUT2D eigenvalue weighted by Crippen LogP contribution is -2.41. The van der Waals surface area contributed by atoms with Crippen LogP contribution in [0.25, 0.3) is 0 Å². The topological polar surface area (TPSA) is 110 Å². The van der Waals surface area contributed by atoms with Crippen molar-refractivity contribution in [1.82, 2.24) is 0 Å². The summed E-state index contributed by atoms with van der Waals surface area (Å²) in [6.07, 6.45) is -3.55. The maximum atomic E-state index is 15.0. The fourth-order valence-corrected chi connectivity index (χ4v) is 2.21. The Morgan fingerprint density at radius 2 is 1.69 bits per heavy atom. The van der Waals surface area contributed by atoms with Gasteiger partial charge in [-0.1, -0.05) is 20.8 Å². The number of carbonyl (C=O) groups excluding carboxylic acids is 1. The van der Waals surface area contributed by atoms with Gasteiger partial charge in [-0.05, 0) is 26.2 Å². The van der Waals surface area contributed by atoms with E-state index in [1.807, 2.05) is 0 Å². The standard InChI is InChI=1S/C16H20F2N2O6/c1-15(2,3)10-8(17)7-9(20(24)25)12(11(10)18)19(13(21)22)14(23)26-16(4,5)6/h7H,1-6H3,(H,21,22). The van der Waals surface area contributed by atoms with Crippen molar-refractivity contribution in [3.05, 3.63) is 33.4 Å². The van der Waals surface area contributed by atoms with E-state index in [2.05, 4.69) is 0 Å². The van der Waals surface area contributed by atoms with Gasteiger partial charge in [0, 0.05) is 5.56 Å². The molecule has 10 heteroatoms. The number of hydrogen-bond donors (Lipinski definition) is 1. The highest BCUT2D eigenvalue weighted by Gasteiger charge is 2.40. The first-order valence-electron chi connectivity index (χ1n) is 7.50. The van der Waals surface area contributed by atoms with Gasteiger partial charge in [0.15, 0.2) is 11.5 Å². The number of nitro benzene ring substituents is 1. The van der Waals surface area contributed by atoms with Crippen molar-refractivity contribution >= 4 is 23.6 Å². The Morgan fingerprint density at radius 3 is 2.04 bits per heavy atom. The lowest BCUT2D eigenvalue weighted by molar-refractivity contribution is -0.384. The molecule has 1 N–H and O–H groups in total. The smallest absolute Gasteiger partial charge is 0.424 e. The molecule has 1 rings (SSSR count). The van der Waals surface area contributed by atoms with Gasteiger partial charge in [-0.3, -0.25) is 10.1 Å². The van der Waals surface area contributed by atoms with E-state index in [1.54, 1.807) is 0 Å². The molecule has 0 radical (unpaired) electrons. The largest absolute Gasteiger partial charge is 0.464 e. The normalized spacial score (nSPS) is 11.8. The molecule has 0 aliphatic heterocycles. The third-order valence-electron chi connectivity index (χ3n) is 3.11. The lowest BCUT2D eigenvalue weighted by Gasteiger charge is -2.27. The number of amides is 2. The zero-order valence-electron chi connectivity index (χ0n) is 15.2. The third-order valence-corrected chi connectivity index (χ3v) is 3.11. The molecule has 144 valence electrons. The maximum Gasteiger partial charge on any atom is 0.424 e. The van der Waals surface area contributed by atoms with Gasteiger partial charge >= 0.3 is 12.2 Å². The maximum absolute atomic E-state index is 15.0. The molecule has 0 fully saturated rings. The van der Waals surface area contributed by atoms with Crippen LogP contribution in [0.3, 0.4) is 0 Å². The van der Waals surface area contributed by atoms with Gasteiger partial charge < -0.3 is 9.84 Å². The van der Waals surface area contributed by atoms with Crippen molar-refractivity contribution in [2.24, 2.45) is 0 Å². The van der Waals surface area contributed by atoms with Crippen LogP contribution in [-0.4, -0.2) is 27.8 Å². The first kappa shape index (κ1) is 21.3. The van der Waals surface area contributed by atoms with E-state index >= 15 is 0 Å². The molecule has 1 aromatic carbocycles. The number of ether oxygens (including phenoxy) is 1. The fourth-order valence-electron chi connectivity index (χ4n) is 2.21. The number of hydrogen-bond acceptors (Lipinski definition) is 5. The van der Waals surface area contributed by atoms with Crippen molar-refractivity contribution in [2.45, 2.75) is 52.6 Å². The zero-order chi connectivity index (χ0) is 20.6. The molecule has 26 heavy (non-hydrogen) atoms. The van der Waals surface area contributed by atoms with Crippen LogP contribution >= 0.6 is 0 Å². The zero-order valence-corrected chi connectivity index (χ0v) is 15.2. The van der Waals surface area contributed by atoms with Crippen LogP contribution in [0, 0.1) is 21.7 Å². The van der Waals surface area contributed by atoms with Gasteiger partial charge in [0.1, 0.15) is 11.4 Å². The number of rotatable bonds is 2. The van der Waals surface area contributed by atoms with E-state index < -0.39 is 56.7 Å². The van der Waals surface area contributed by atoms with Crippen LogP contribution in [0.5, 0.6) is 0 Å². The molecular formula is C16H20F2N2O6. The number of anilines is 1. The van der Waals surface area contributed by atoms with E-state index in [0.29, 0.717) is 6.07 Å². The first-order chi connectivity index (χ1) is 11.6. The summed E-state index contributed by atoms with van der Waals surface area (Å²) in [4.78, 5) is 33.6. The Balaban J connectivity index is 3.83. The van der Waals surface area contributed by atoms with E-state index in [4.69, 9.17) is 4.74 Å². The number of carboxylic acid groups (broad SMARTS) is 1. The second-order valence-electron chi connectivity index (χ2n) is 7.52. The predicted octanol–water partition coefficient (Wildman–Crippen LogP) is 4.59. The summed E-state index contributed by atoms with van der Waals surface area (Å²) in [5, 5.41) is 20.6. The highest BCUT2D eigenvalue weighted by Crippen LogP contribution is 2.40. The molecule has 0 heterocycles. The van der Waals surface area contributed by atoms with Gasteiger partial charge in [-0.2, -0.15) is 4.90 Å². The third kappa shape index (κ3) is 4.44. The number of carbonyl (C=O) groups is 2. The number of nitro groups is 1. The van der Waals surface area contributed by atoms with E-state index in [9.17, 15) is 33.6 Å². The highest BCUT2D eigenvalue weighted by molar-refractivity contribution is 6.10. The lowest BCUT2D eigenvalue weighted by atomic mass is 9.85. The van der Waals surface area contributed by atoms with Gasteiger partial charge in [0.2, 0.25) is 0 Å². The Kier molecular flexibility index (Phi) is 5.60. The van der Waals surface area contributed by atoms with Crippen LogP contribution in [0.1, 0.15) is 47.1 Å². The highest BCUT2D eigenvalue weighted by atomic mass is 19.1. The van der Waals surface area contributed by atoms with Crippen molar-refractivity contribution in [2.75, 3.05) is 4.90 Å². The summed E-state index contributed by atoms with van der Waals surface area (Å²) in [5.74, 6) is -2.74. The van der Waals surface area contributed by atoms with Crippen LogP contribution in [0.4, 0.5) is 29.7 Å². The van der Waals surface area contributed by atoms with E-state index in [-0.39, 0.29) is 4.90 Å². The Hall–Kier alpha value is -2.78. The average Bonchev–Trinajstić information content (AvgIpc) is 2.36. The number of benzene rings is 1. The molecule has 0 aliphatic carbocycles. The molecule has 8 nitrogen and oxygen atoms in total. The van der Waals surface area contributed by atoms with Gasteiger partial charge in [0.25, 0.3) is 5.69 Å². The minimum atomic E-state index is -2.01. The Morgan fingerprint density at radius 1 is 1.19 bits per heavy atom. The van der Waals surface area contributed by atoms with Gasteiger partial charge in [-0.25, -0.2) is 18.4 Å². The number of halogens is 2. The van der Waals surface area contributed by atoms with Crippen molar-refractivity contribution in [3.63, 3.8) is 0 Å². The molecule has 0 bridgehead atoms. The molecule has 0 unspecified atom stereocenters. The molecule has 0 atom stereocenters. The Labute approximate surface area is 148 Å². The number of nitrogens with zero attached hydrogens (tertiary/aromatic N) is 2. The van der Waals surface area contributed by atoms with Gasteiger partial charge in [0.05, 0.1) is 11.0 Å². The molecule has 0 saturated carbocycles. The van der Waals surface area contributed by atoms with E-state index in [1.165, 1.54) is 41.5 Å². The first-order valence-corrected chi connectivity index (χ1v) is 7.50. The second-order valence-corrected chi connectivity index (χ2v) is 7.52. The van der Waals surface area contributed by atoms with Crippen molar-refractivity contribution < 1.29 is 33.1 Å². The molecule has 0 aromatic heterocycles. The van der Waals surface area contributed by atoms with Crippen LogP contribution in [0.15, 0.2) is 6.07 Å². The van der Waals surface area contributed by atoms with Crippen molar-refractivity contribution in [1.29, 1.82) is 0 Å². The second kappa shape index (κ2) is 6.85. The summed E-state index contributed by atoms with van der Waals surface area (Å²) in [6.45, 7) is 8.59. The van der Waals surface area contributed by atoms with Crippen LogP contribution in [-0.2, 0) is 10.2 Å². The van der Waals surface area contributed by atoms with Gasteiger partial charge in [-0.15, -0.1) is 0 Å². The van der Waals surface area contributed by atoms with E-state index in [0.717, 1.165) is 0 Å². The quantitative estimate of drug-likeness (QED) is 0.599. The number of imide groups is 1. The summed E-state index contributed by atoms with van der Waals surface area (Å²) < 4.78 is 34.1. The summed E-state index contributed by atoms with van der Waals surface area (Å²) in [6, 6.07) is 0.388. The van der Waals surface area contributed by atoms with Crippen LogP contribution in [0.2, 0.25) is 0 Å². The molecule has 1 aromatic rings. The van der Waals surface area contributed by atoms with Crippen LogP contribution < -0.4 is 4.90 Å². The minimum absolute atomic E-state index is 0.229. The molecule has 0 aliphatic rings. The fraction of sp³-hybridized carbons (Fsp3) is 0.500. The summed E-state index contributed by atoms with van der Waals surface area (Å²) in [5.41, 5.74) is -5.30.